The summed E-state index contributed by atoms with van der Waals surface area (Å²) in [4.78, 5) is 12.4. The molecular weight excluding hydrogens is 266 g/mol. The van der Waals surface area contributed by atoms with E-state index in [0.717, 1.165) is 5.56 Å². The number of anilines is 1. The van der Waals surface area contributed by atoms with Crippen molar-refractivity contribution in [2.45, 2.75) is 13.0 Å². The molecule has 0 fully saturated rings. The van der Waals surface area contributed by atoms with Crippen molar-refractivity contribution >= 4 is 11.6 Å². The van der Waals surface area contributed by atoms with E-state index in [2.05, 4.69) is 5.32 Å². The van der Waals surface area contributed by atoms with Crippen LogP contribution in [0.1, 0.15) is 18.6 Å². The topological polar surface area (TPSA) is 47.6 Å². The minimum absolute atomic E-state index is 0.226. The van der Waals surface area contributed by atoms with Crippen molar-refractivity contribution in [3.05, 3.63) is 60.2 Å². The number of carbonyl (C=O) groups excluding carboxylic acids is 1. The molecule has 0 heterocycles. The number of ether oxygens (including phenoxy) is 2. The smallest absolute Gasteiger partial charge is 0.258 e. The van der Waals surface area contributed by atoms with Crippen LogP contribution in [-0.4, -0.2) is 19.6 Å². The number of amides is 1. The standard InChI is InChI=1S/C17H19NO3/c1-3-21-15-12-8-7-11-14(15)18-17(19)16(20-2)13-9-5-4-6-10-13/h4-12,16H,3H2,1-2H3,(H,18,19). The molecule has 0 aliphatic heterocycles. The number of methoxy groups -OCH3 is 1. The van der Waals surface area contributed by atoms with Gasteiger partial charge in [0.2, 0.25) is 0 Å². The van der Waals surface area contributed by atoms with Crippen molar-refractivity contribution in [3.8, 4) is 5.75 Å². The van der Waals surface area contributed by atoms with Gasteiger partial charge >= 0.3 is 0 Å². The minimum atomic E-state index is -0.652. The maximum absolute atomic E-state index is 12.4. The second-order valence-corrected chi connectivity index (χ2v) is 4.44. The van der Waals surface area contributed by atoms with Gasteiger partial charge in [-0.05, 0) is 24.6 Å². The number of hydrogen-bond acceptors (Lipinski definition) is 3. The highest BCUT2D eigenvalue weighted by Gasteiger charge is 2.20. The second-order valence-electron chi connectivity index (χ2n) is 4.44. The Morgan fingerprint density at radius 2 is 1.76 bits per heavy atom. The zero-order valence-corrected chi connectivity index (χ0v) is 12.2. The second kappa shape index (κ2) is 7.45. The molecule has 0 spiro atoms. The largest absolute Gasteiger partial charge is 0.492 e. The molecule has 2 aromatic rings. The first-order chi connectivity index (χ1) is 10.3. The van der Waals surface area contributed by atoms with Crippen molar-refractivity contribution in [3.63, 3.8) is 0 Å². The maximum Gasteiger partial charge on any atom is 0.258 e. The van der Waals surface area contributed by atoms with Gasteiger partial charge in [0.15, 0.2) is 6.10 Å². The first kappa shape index (κ1) is 15.1. The average Bonchev–Trinajstić information content (AvgIpc) is 2.51. The van der Waals surface area contributed by atoms with Gasteiger partial charge in [-0.1, -0.05) is 42.5 Å². The lowest BCUT2D eigenvalue weighted by Crippen LogP contribution is -2.22. The van der Waals surface area contributed by atoms with E-state index >= 15 is 0 Å². The Hall–Kier alpha value is -2.33. The molecule has 0 radical (unpaired) electrons. The van der Waals surface area contributed by atoms with E-state index in [1.165, 1.54) is 7.11 Å². The van der Waals surface area contributed by atoms with E-state index < -0.39 is 6.10 Å². The van der Waals surface area contributed by atoms with Crippen molar-refractivity contribution in [1.29, 1.82) is 0 Å². The molecule has 0 bridgehead atoms. The van der Waals surface area contributed by atoms with Crippen LogP contribution >= 0.6 is 0 Å². The number of para-hydroxylation sites is 2. The van der Waals surface area contributed by atoms with E-state index in [1.807, 2.05) is 55.5 Å². The van der Waals surface area contributed by atoms with Crippen molar-refractivity contribution < 1.29 is 14.3 Å². The van der Waals surface area contributed by atoms with Crippen molar-refractivity contribution in [2.24, 2.45) is 0 Å². The van der Waals surface area contributed by atoms with Crippen LogP contribution in [0.15, 0.2) is 54.6 Å². The van der Waals surface area contributed by atoms with E-state index in [1.54, 1.807) is 6.07 Å². The molecule has 0 aromatic heterocycles. The van der Waals surface area contributed by atoms with Gasteiger partial charge in [-0.2, -0.15) is 0 Å². The van der Waals surface area contributed by atoms with E-state index in [9.17, 15) is 4.79 Å². The Bertz CT molecular complexity index is 584. The number of nitrogens with one attached hydrogen (secondary N) is 1. The predicted molar refractivity (Wildman–Crippen MR) is 82.4 cm³/mol. The third-order valence-corrected chi connectivity index (χ3v) is 3.02. The Labute approximate surface area is 124 Å². The highest BCUT2D eigenvalue weighted by Crippen LogP contribution is 2.26. The SMILES string of the molecule is CCOc1ccccc1NC(=O)C(OC)c1ccccc1. The van der Waals surface area contributed by atoms with Gasteiger partial charge in [0, 0.05) is 7.11 Å². The molecule has 1 N–H and O–H groups in total. The van der Waals surface area contributed by atoms with Crippen LogP contribution < -0.4 is 10.1 Å². The number of carbonyl (C=O) groups is 1. The Balaban J connectivity index is 2.17. The highest BCUT2D eigenvalue weighted by molar-refractivity contribution is 5.96. The quantitative estimate of drug-likeness (QED) is 0.884. The zero-order chi connectivity index (χ0) is 15.1. The summed E-state index contributed by atoms with van der Waals surface area (Å²) < 4.78 is 10.8. The molecule has 1 unspecified atom stereocenters. The van der Waals surface area contributed by atoms with Gasteiger partial charge in [0.1, 0.15) is 5.75 Å². The molecule has 0 aliphatic rings. The third-order valence-electron chi connectivity index (χ3n) is 3.02. The van der Waals surface area contributed by atoms with E-state index in [4.69, 9.17) is 9.47 Å². The Kier molecular flexibility index (Phi) is 5.35. The fraction of sp³-hybridized carbons (Fsp3) is 0.235. The Morgan fingerprint density at radius 3 is 2.43 bits per heavy atom. The summed E-state index contributed by atoms with van der Waals surface area (Å²) in [7, 11) is 1.52. The Morgan fingerprint density at radius 1 is 1.10 bits per heavy atom. The van der Waals surface area contributed by atoms with Gasteiger partial charge in [-0.25, -0.2) is 0 Å². The lowest BCUT2D eigenvalue weighted by atomic mass is 10.1. The summed E-state index contributed by atoms with van der Waals surface area (Å²) in [6.07, 6.45) is -0.652. The van der Waals surface area contributed by atoms with Gasteiger partial charge in [0.25, 0.3) is 5.91 Å². The number of rotatable bonds is 6. The average molecular weight is 285 g/mol. The monoisotopic (exact) mass is 285 g/mol. The van der Waals surface area contributed by atoms with Crippen LogP contribution in [0.25, 0.3) is 0 Å². The summed E-state index contributed by atoms with van der Waals surface area (Å²) >= 11 is 0. The summed E-state index contributed by atoms with van der Waals surface area (Å²) in [6.45, 7) is 2.44. The van der Waals surface area contributed by atoms with E-state index in [-0.39, 0.29) is 5.91 Å². The van der Waals surface area contributed by atoms with Crippen LogP contribution in [0.3, 0.4) is 0 Å². The molecule has 0 saturated heterocycles. The van der Waals surface area contributed by atoms with Crippen LogP contribution in [0.4, 0.5) is 5.69 Å². The maximum atomic E-state index is 12.4. The number of hydrogen-bond donors (Lipinski definition) is 1. The molecule has 1 amide bonds. The predicted octanol–water partition coefficient (Wildman–Crippen LogP) is 3.41. The van der Waals surface area contributed by atoms with Crippen LogP contribution in [0, 0.1) is 0 Å². The fourth-order valence-electron chi connectivity index (χ4n) is 2.07. The number of benzene rings is 2. The third kappa shape index (κ3) is 3.83. The van der Waals surface area contributed by atoms with Crippen LogP contribution in [-0.2, 0) is 9.53 Å². The van der Waals surface area contributed by atoms with Crippen molar-refractivity contribution in [2.75, 3.05) is 19.0 Å². The molecule has 4 heteroatoms. The van der Waals surface area contributed by atoms with Crippen LogP contribution in [0.5, 0.6) is 5.75 Å². The molecule has 110 valence electrons. The zero-order valence-electron chi connectivity index (χ0n) is 12.2. The summed E-state index contributed by atoms with van der Waals surface area (Å²) in [6, 6.07) is 16.7. The van der Waals surface area contributed by atoms with E-state index in [0.29, 0.717) is 18.0 Å². The normalized spacial score (nSPS) is 11.7. The molecule has 4 nitrogen and oxygen atoms in total. The lowest BCUT2D eigenvalue weighted by Gasteiger charge is -2.17. The molecule has 0 saturated carbocycles. The molecule has 1 atom stereocenters. The van der Waals surface area contributed by atoms with Gasteiger partial charge in [-0.15, -0.1) is 0 Å². The molecule has 0 aliphatic carbocycles. The molecule has 2 aromatic carbocycles. The van der Waals surface area contributed by atoms with Crippen molar-refractivity contribution in [1.82, 2.24) is 0 Å². The lowest BCUT2D eigenvalue weighted by molar-refractivity contribution is -0.126. The van der Waals surface area contributed by atoms with Gasteiger partial charge in [-0.3, -0.25) is 4.79 Å². The van der Waals surface area contributed by atoms with Gasteiger partial charge < -0.3 is 14.8 Å². The highest BCUT2D eigenvalue weighted by atomic mass is 16.5. The fourth-order valence-corrected chi connectivity index (χ4v) is 2.07. The van der Waals surface area contributed by atoms with Gasteiger partial charge in [0.05, 0.1) is 12.3 Å². The summed E-state index contributed by atoms with van der Waals surface area (Å²) in [5.41, 5.74) is 1.45. The summed E-state index contributed by atoms with van der Waals surface area (Å²) in [5, 5.41) is 2.86. The molecule has 2 rings (SSSR count). The summed E-state index contributed by atoms with van der Waals surface area (Å²) in [5.74, 6) is 0.423. The molecular formula is C17H19NO3. The minimum Gasteiger partial charge on any atom is -0.492 e. The van der Waals surface area contributed by atoms with Crippen LogP contribution in [0.2, 0.25) is 0 Å². The first-order valence-corrected chi connectivity index (χ1v) is 6.86. The first-order valence-electron chi connectivity index (χ1n) is 6.86. The molecule has 21 heavy (non-hydrogen) atoms.